The summed E-state index contributed by atoms with van der Waals surface area (Å²) in [6.45, 7) is 6.08. The lowest BCUT2D eigenvalue weighted by Gasteiger charge is -2.26. The maximum Gasteiger partial charge on any atom is -0.0233 e. The highest BCUT2D eigenvalue weighted by atomic mass is 14.2. The van der Waals surface area contributed by atoms with E-state index in [2.05, 4.69) is 43.9 Å². The Balaban J connectivity index is 1.57. The van der Waals surface area contributed by atoms with Crippen LogP contribution in [0.4, 0.5) is 0 Å². The third-order valence-corrected chi connectivity index (χ3v) is 5.66. The molecule has 0 nitrogen and oxygen atoms in total. The molecule has 2 rings (SSSR count). The Hall–Kier alpha value is -0.780. The molecule has 0 aromatic carbocycles. The fourth-order valence-corrected chi connectivity index (χ4v) is 4.14. The molecule has 0 atom stereocenters. The van der Waals surface area contributed by atoms with Crippen LogP contribution < -0.4 is 0 Å². The van der Waals surface area contributed by atoms with Gasteiger partial charge in [-0.3, -0.25) is 0 Å². The summed E-state index contributed by atoms with van der Waals surface area (Å²) in [4.78, 5) is 0. The Labute approximate surface area is 132 Å². The molecule has 0 bridgehead atoms. The van der Waals surface area contributed by atoms with Crippen LogP contribution in [0.5, 0.6) is 0 Å². The van der Waals surface area contributed by atoms with Crippen LogP contribution in [-0.2, 0) is 0 Å². The summed E-state index contributed by atoms with van der Waals surface area (Å²) in [5, 5.41) is 0. The van der Waals surface area contributed by atoms with Gasteiger partial charge in [0.2, 0.25) is 0 Å². The minimum Gasteiger partial charge on any atom is -0.103 e. The first-order chi connectivity index (χ1) is 10.3. The summed E-state index contributed by atoms with van der Waals surface area (Å²) >= 11 is 0. The van der Waals surface area contributed by atoms with Crippen LogP contribution in [0.25, 0.3) is 0 Å². The first-order valence-corrected chi connectivity index (χ1v) is 9.23. The van der Waals surface area contributed by atoms with Crippen LogP contribution in [0.2, 0.25) is 0 Å². The van der Waals surface area contributed by atoms with Gasteiger partial charge in [-0.25, -0.2) is 0 Å². The van der Waals surface area contributed by atoms with E-state index in [0.717, 1.165) is 23.7 Å². The summed E-state index contributed by atoms with van der Waals surface area (Å²) in [5.41, 5.74) is 0. The molecule has 2 aliphatic rings. The van der Waals surface area contributed by atoms with E-state index in [1.54, 1.807) is 0 Å². The average molecular weight is 287 g/mol. The number of hydrogen-bond donors (Lipinski definition) is 0. The van der Waals surface area contributed by atoms with Gasteiger partial charge in [-0.15, -0.1) is 6.58 Å². The number of rotatable bonds is 6. The molecule has 2 fully saturated rings. The largest absolute Gasteiger partial charge is 0.103 e. The molecule has 0 saturated heterocycles. The van der Waals surface area contributed by atoms with Gasteiger partial charge in [0, 0.05) is 0 Å². The topological polar surface area (TPSA) is 0 Å². The van der Waals surface area contributed by atoms with Gasteiger partial charge in [-0.05, 0) is 94.8 Å². The third kappa shape index (κ3) is 5.85. The highest BCUT2D eigenvalue weighted by molar-refractivity contribution is 4.94. The van der Waals surface area contributed by atoms with E-state index in [9.17, 15) is 0 Å². The SMILES string of the molecule is C=CC1CCC(/C=C/CCC2CCC(/C=C/C)CC2)CC1. The van der Waals surface area contributed by atoms with E-state index in [0.29, 0.717) is 0 Å². The predicted octanol–water partition coefficient (Wildman–Crippen LogP) is 6.70. The van der Waals surface area contributed by atoms with E-state index < -0.39 is 0 Å². The third-order valence-electron chi connectivity index (χ3n) is 5.66. The summed E-state index contributed by atoms with van der Waals surface area (Å²) in [6, 6.07) is 0. The molecule has 2 saturated carbocycles. The van der Waals surface area contributed by atoms with Gasteiger partial charge in [-0.2, -0.15) is 0 Å². The molecule has 0 spiro atoms. The van der Waals surface area contributed by atoms with Crippen LogP contribution >= 0.6 is 0 Å². The monoisotopic (exact) mass is 286 g/mol. The van der Waals surface area contributed by atoms with Crippen molar-refractivity contribution in [3.05, 3.63) is 37.0 Å². The van der Waals surface area contributed by atoms with Gasteiger partial charge >= 0.3 is 0 Å². The van der Waals surface area contributed by atoms with Crippen LogP contribution in [0.3, 0.4) is 0 Å². The van der Waals surface area contributed by atoms with Gasteiger partial charge in [-0.1, -0.05) is 30.4 Å². The van der Waals surface area contributed by atoms with Crippen LogP contribution in [0.1, 0.15) is 71.1 Å². The molecule has 0 N–H and O–H groups in total. The van der Waals surface area contributed by atoms with E-state index in [4.69, 9.17) is 0 Å². The normalized spacial score (nSPS) is 34.5. The van der Waals surface area contributed by atoms with Crippen LogP contribution in [-0.4, -0.2) is 0 Å². The van der Waals surface area contributed by atoms with Crippen molar-refractivity contribution in [2.45, 2.75) is 71.1 Å². The van der Waals surface area contributed by atoms with Crippen molar-refractivity contribution < 1.29 is 0 Å². The van der Waals surface area contributed by atoms with Crippen molar-refractivity contribution in [3.8, 4) is 0 Å². The van der Waals surface area contributed by atoms with Gasteiger partial charge in [0.15, 0.2) is 0 Å². The lowest BCUT2D eigenvalue weighted by Crippen LogP contribution is -2.13. The molecular weight excluding hydrogens is 252 g/mol. The second-order valence-electron chi connectivity index (χ2n) is 7.22. The quantitative estimate of drug-likeness (QED) is 0.477. The molecule has 21 heavy (non-hydrogen) atoms. The lowest BCUT2D eigenvalue weighted by molar-refractivity contribution is 0.297. The molecule has 0 heteroatoms. The van der Waals surface area contributed by atoms with E-state index in [1.807, 2.05) is 0 Å². The van der Waals surface area contributed by atoms with Crippen molar-refractivity contribution >= 4 is 0 Å². The van der Waals surface area contributed by atoms with Crippen molar-refractivity contribution in [2.75, 3.05) is 0 Å². The highest BCUT2D eigenvalue weighted by Crippen LogP contribution is 2.33. The highest BCUT2D eigenvalue weighted by Gasteiger charge is 2.19. The van der Waals surface area contributed by atoms with Crippen molar-refractivity contribution in [1.29, 1.82) is 0 Å². The van der Waals surface area contributed by atoms with E-state index in [1.165, 1.54) is 64.2 Å². The summed E-state index contributed by atoms with van der Waals surface area (Å²) in [5.74, 6) is 3.52. The molecular formula is C21H34. The zero-order chi connectivity index (χ0) is 14.9. The van der Waals surface area contributed by atoms with E-state index in [-0.39, 0.29) is 0 Å². The minimum atomic E-state index is 0.794. The smallest absolute Gasteiger partial charge is 0.0233 e. The number of allylic oxidation sites excluding steroid dienone is 5. The molecule has 0 unspecified atom stereocenters. The Kier molecular flexibility index (Phi) is 7.33. The van der Waals surface area contributed by atoms with Gasteiger partial charge < -0.3 is 0 Å². The summed E-state index contributed by atoms with van der Waals surface area (Å²) < 4.78 is 0. The molecule has 0 amide bonds. The molecule has 0 aromatic rings. The van der Waals surface area contributed by atoms with Gasteiger partial charge in [0.05, 0.1) is 0 Å². The van der Waals surface area contributed by atoms with E-state index >= 15 is 0 Å². The Morgan fingerprint density at radius 3 is 2.00 bits per heavy atom. The van der Waals surface area contributed by atoms with Crippen molar-refractivity contribution in [2.24, 2.45) is 23.7 Å². The van der Waals surface area contributed by atoms with Crippen LogP contribution in [0, 0.1) is 23.7 Å². The maximum absolute atomic E-state index is 3.93. The maximum atomic E-state index is 3.93. The fourth-order valence-electron chi connectivity index (χ4n) is 4.14. The standard InChI is InChI=1S/C21H34/c1-3-7-19-14-16-21(17-15-19)9-6-5-8-20-12-10-18(4-2)11-13-20/h3-5,7-8,18-21H,2,6,9-17H2,1H3/b7-3+,8-5+. The van der Waals surface area contributed by atoms with Crippen molar-refractivity contribution in [1.82, 2.24) is 0 Å². The molecule has 0 aliphatic heterocycles. The zero-order valence-electron chi connectivity index (χ0n) is 14.0. The average Bonchev–Trinajstić information content (AvgIpc) is 2.54. The van der Waals surface area contributed by atoms with Gasteiger partial charge in [0.25, 0.3) is 0 Å². The van der Waals surface area contributed by atoms with Crippen molar-refractivity contribution in [3.63, 3.8) is 0 Å². The van der Waals surface area contributed by atoms with Crippen LogP contribution in [0.15, 0.2) is 37.0 Å². The molecule has 118 valence electrons. The molecule has 0 aromatic heterocycles. The summed E-state index contributed by atoms with van der Waals surface area (Å²) in [7, 11) is 0. The lowest BCUT2D eigenvalue weighted by atomic mass is 9.79. The fraction of sp³-hybridized carbons (Fsp3) is 0.714. The second kappa shape index (κ2) is 9.28. The zero-order valence-corrected chi connectivity index (χ0v) is 14.0. The molecule has 0 radical (unpaired) electrons. The first kappa shape index (κ1) is 16.6. The Morgan fingerprint density at radius 2 is 1.38 bits per heavy atom. The predicted molar refractivity (Wildman–Crippen MR) is 94.3 cm³/mol. The second-order valence-corrected chi connectivity index (χ2v) is 7.22. The first-order valence-electron chi connectivity index (χ1n) is 9.23. The minimum absolute atomic E-state index is 0.794. The Morgan fingerprint density at radius 1 is 0.810 bits per heavy atom. The Bertz CT molecular complexity index is 333. The number of hydrogen-bond acceptors (Lipinski definition) is 0. The molecule has 2 aliphatic carbocycles. The molecule has 0 heterocycles. The summed E-state index contributed by atoms with van der Waals surface area (Å²) in [6.07, 6.45) is 25.7. The van der Waals surface area contributed by atoms with Gasteiger partial charge in [0.1, 0.15) is 0 Å².